The molecule has 0 radical (unpaired) electrons. The van der Waals surface area contributed by atoms with Gasteiger partial charge in [0.15, 0.2) is 11.5 Å². The third kappa shape index (κ3) is 4.80. The molecule has 1 unspecified atom stereocenters. The standard InChI is InChI=1S/C19H28N2O5/c1-12(2)19(24)20-14-6-5-7-21(11-14)17(22)10-13-8-15(25-3)18(23)16(9-13)26-4/h8-9,12,14,23H,5-7,10-11H2,1-4H3,(H,20,24). The fourth-order valence-corrected chi connectivity index (χ4v) is 3.03. The Morgan fingerprint density at radius 3 is 2.42 bits per heavy atom. The van der Waals surface area contributed by atoms with Crippen molar-refractivity contribution < 1.29 is 24.2 Å². The molecule has 144 valence electrons. The second kappa shape index (κ2) is 8.78. The molecule has 0 bridgehead atoms. The number of nitrogens with zero attached hydrogens (tertiary/aromatic N) is 1. The molecule has 1 aliphatic heterocycles. The van der Waals surface area contributed by atoms with Gasteiger partial charge >= 0.3 is 0 Å². The van der Waals surface area contributed by atoms with Gasteiger partial charge in [-0.05, 0) is 30.5 Å². The number of rotatable bonds is 6. The maximum absolute atomic E-state index is 12.7. The molecule has 7 nitrogen and oxygen atoms in total. The van der Waals surface area contributed by atoms with Crippen molar-refractivity contribution >= 4 is 11.8 Å². The summed E-state index contributed by atoms with van der Waals surface area (Å²) < 4.78 is 10.3. The molecule has 2 N–H and O–H groups in total. The van der Waals surface area contributed by atoms with Crippen LogP contribution in [0.25, 0.3) is 0 Å². The Balaban J connectivity index is 2.04. The van der Waals surface area contributed by atoms with E-state index >= 15 is 0 Å². The van der Waals surface area contributed by atoms with Gasteiger partial charge in [-0.1, -0.05) is 13.8 Å². The number of methoxy groups -OCH3 is 2. The highest BCUT2D eigenvalue weighted by Gasteiger charge is 2.26. The normalized spacial score (nSPS) is 17.1. The predicted molar refractivity (Wildman–Crippen MR) is 97.5 cm³/mol. The molecule has 1 aromatic rings. The van der Waals surface area contributed by atoms with Crippen molar-refractivity contribution in [3.05, 3.63) is 17.7 Å². The van der Waals surface area contributed by atoms with Gasteiger partial charge < -0.3 is 24.8 Å². The number of likely N-dealkylation sites (tertiary alicyclic amines) is 1. The van der Waals surface area contributed by atoms with Gasteiger partial charge in [0.1, 0.15) is 0 Å². The van der Waals surface area contributed by atoms with Gasteiger partial charge in [-0.15, -0.1) is 0 Å². The van der Waals surface area contributed by atoms with Crippen molar-refractivity contribution in [2.75, 3.05) is 27.3 Å². The number of nitrogens with one attached hydrogen (secondary N) is 1. The van der Waals surface area contributed by atoms with Crippen LogP contribution < -0.4 is 14.8 Å². The van der Waals surface area contributed by atoms with Crippen molar-refractivity contribution in [1.82, 2.24) is 10.2 Å². The minimum absolute atomic E-state index is 0.00788. The third-order valence-corrected chi connectivity index (χ3v) is 4.54. The van der Waals surface area contributed by atoms with Crippen LogP contribution in [0.1, 0.15) is 32.3 Å². The average molecular weight is 364 g/mol. The summed E-state index contributed by atoms with van der Waals surface area (Å²) >= 11 is 0. The maximum Gasteiger partial charge on any atom is 0.227 e. The number of aromatic hydroxyl groups is 1. The molecule has 7 heteroatoms. The fraction of sp³-hybridized carbons (Fsp3) is 0.579. The second-order valence-corrected chi connectivity index (χ2v) is 6.87. The Kier molecular flexibility index (Phi) is 6.71. The van der Waals surface area contributed by atoms with Crippen LogP contribution >= 0.6 is 0 Å². The van der Waals surface area contributed by atoms with Crippen LogP contribution in [0.4, 0.5) is 0 Å². The van der Waals surface area contributed by atoms with Crippen molar-refractivity contribution in [2.24, 2.45) is 5.92 Å². The summed E-state index contributed by atoms with van der Waals surface area (Å²) in [6, 6.07) is 3.27. The van der Waals surface area contributed by atoms with Gasteiger partial charge in [0, 0.05) is 25.0 Å². The number of phenols is 1. The van der Waals surface area contributed by atoms with E-state index in [-0.39, 0.29) is 47.4 Å². The zero-order valence-electron chi connectivity index (χ0n) is 15.9. The second-order valence-electron chi connectivity index (χ2n) is 6.87. The van der Waals surface area contributed by atoms with Gasteiger partial charge in [0.2, 0.25) is 17.6 Å². The van der Waals surface area contributed by atoms with E-state index in [1.165, 1.54) is 14.2 Å². The van der Waals surface area contributed by atoms with Crippen molar-refractivity contribution in [1.29, 1.82) is 0 Å². The molecule has 1 aliphatic rings. The number of carbonyl (C=O) groups excluding carboxylic acids is 2. The van der Waals surface area contributed by atoms with Crippen LogP contribution in [0.3, 0.4) is 0 Å². The van der Waals surface area contributed by atoms with E-state index in [1.54, 1.807) is 17.0 Å². The number of phenolic OH excluding ortho intramolecular Hbond substituents is 1. The zero-order chi connectivity index (χ0) is 19.3. The summed E-state index contributed by atoms with van der Waals surface area (Å²) in [6.07, 6.45) is 1.91. The number of hydrogen-bond donors (Lipinski definition) is 2. The van der Waals surface area contributed by atoms with E-state index in [4.69, 9.17) is 9.47 Å². The predicted octanol–water partition coefficient (Wildman–Crippen LogP) is 1.72. The number of benzene rings is 1. The summed E-state index contributed by atoms with van der Waals surface area (Å²) in [5.41, 5.74) is 0.704. The first-order chi connectivity index (χ1) is 12.3. The minimum Gasteiger partial charge on any atom is -0.502 e. The topological polar surface area (TPSA) is 88.1 Å². The Labute approximate surface area is 154 Å². The summed E-state index contributed by atoms with van der Waals surface area (Å²) in [7, 11) is 2.90. The average Bonchev–Trinajstić information content (AvgIpc) is 2.62. The molecule has 26 heavy (non-hydrogen) atoms. The Morgan fingerprint density at radius 1 is 1.27 bits per heavy atom. The highest BCUT2D eigenvalue weighted by Crippen LogP contribution is 2.37. The molecule has 1 aromatic carbocycles. The SMILES string of the molecule is COc1cc(CC(=O)N2CCCC(NC(=O)C(C)C)C2)cc(OC)c1O. The van der Waals surface area contributed by atoms with E-state index in [9.17, 15) is 14.7 Å². The first-order valence-electron chi connectivity index (χ1n) is 8.87. The Bertz CT molecular complexity index is 634. The highest BCUT2D eigenvalue weighted by molar-refractivity contribution is 5.80. The van der Waals surface area contributed by atoms with Crippen LogP contribution in [0.2, 0.25) is 0 Å². The summed E-state index contributed by atoms with van der Waals surface area (Å²) in [4.78, 5) is 26.3. The molecule has 0 aliphatic carbocycles. The lowest BCUT2D eigenvalue weighted by Gasteiger charge is -2.33. The highest BCUT2D eigenvalue weighted by atomic mass is 16.5. The van der Waals surface area contributed by atoms with Crippen molar-refractivity contribution in [3.8, 4) is 17.2 Å². The smallest absolute Gasteiger partial charge is 0.227 e. The summed E-state index contributed by atoms with van der Waals surface area (Å²) in [5.74, 6) is 0.375. The zero-order valence-corrected chi connectivity index (χ0v) is 15.9. The van der Waals surface area contributed by atoms with E-state index in [1.807, 2.05) is 13.8 Å². The van der Waals surface area contributed by atoms with Gasteiger partial charge in [0.25, 0.3) is 0 Å². The lowest BCUT2D eigenvalue weighted by Crippen LogP contribution is -2.50. The lowest BCUT2D eigenvalue weighted by molar-refractivity contribution is -0.133. The number of hydrogen-bond acceptors (Lipinski definition) is 5. The first kappa shape index (κ1) is 19.9. The molecule has 0 aromatic heterocycles. The molecule has 1 heterocycles. The molecular weight excluding hydrogens is 336 g/mol. The number of piperidine rings is 1. The summed E-state index contributed by atoms with van der Waals surface area (Å²) in [5, 5.41) is 13.0. The van der Waals surface area contributed by atoms with E-state index in [0.29, 0.717) is 18.7 Å². The molecule has 1 saturated heterocycles. The monoisotopic (exact) mass is 364 g/mol. The van der Waals surface area contributed by atoms with Gasteiger partial charge in [0.05, 0.1) is 20.6 Å². The lowest BCUT2D eigenvalue weighted by atomic mass is 10.0. The molecule has 0 spiro atoms. The van der Waals surface area contributed by atoms with Crippen LogP contribution in [0.5, 0.6) is 17.2 Å². The van der Waals surface area contributed by atoms with E-state index in [0.717, 1.165) is 12.8 Å². The van der Waals surface area contributed by atoms with Gasteiger partial charge in [-0.3, -0.25) is 9.59 Å². The number of amides is 2. The van der Waals surface area contributed by atoms with Crippen LogP contribution in [-0.2, 0) is 16.0 Å². The van der Waals surface area contributed by atoms with Crippen LogP contribution in [0.15, 0.2) is 12.1 Å². The van der Waals surface area contributed by atoms with Crippen LogP contribution in [0, 0.1) is 5.92 Å². The number of carbonyl (C=O) groups is 2. The quantitative estimate of drug-likeness (QED) is 0.802. The fourth-order valence-electron chi connectivity index (χ4n) is 3.03. The third-order valence-electron chi connectivity index (χ3n) is 4.54. The minimum atomic E-state index is -0.0827. The molecule has 2 rings (SSSR count). The van der Waals surface area contributed by atoms with Crippen molar-refractivity contribution in [2.45, 2.75) is 39.2 Å². The Morgan fingerprint density at radius 2 is 1.88 bits per heavy atom. The largest absolute Gasteiger partial charge is 0.502 e. The maximum atomic E-state index is 12.7. The summed E-state index contributed by atoms with van der Waals surface area (Å²) in [6.45, 7) is 4.90. The van der Waals surface area contributed by atoms with E-state index < -0.39 is 0 Å². The molecular formula is C19H28N2O5. The Hall–Kier alpha value is -2.44. The molecule has 1 fully saturated rings. The van der Waals surface area contributed by atoms with Crippen molar-refractivity contribution in [3.63, 3.8) is 0 Å². The molecule has 1 atom stereocenters. The van der Waals surface area contributed by atoms with E-state index in [2.05, 4.69) is 5.32 Å². The molecule has 2 amide bonds. The number of ether oxygens (including phenoxy) is 2. The van der Waals surface area contributed by atoms with Gasteiger partial charge in [-0.2, -0.15) is 0 Å². The van der Waals surface area contributed by atoms with Gasteiger partial charge in [-0.25, -0.2) is 0 Å². The molecule has 0 saturated carbocycles. The first-order valence-corrected chi connectivity index (χ1v) is 8.87. The van der Waals surface area contributed by atoms with Crippen LogP contribution in [-0.4, -0.2) is 55.2 Å².